The lowest BCUT2D eigenvalue weighted by atomic mass is 10.1. The van der Waals surface area contributed by atoms with Crippen molar-refractivity contribution in [1.29, 1.82) is 0 Å². The highest BCUT2D eigenvalue weighted by Gasteiger charge is 2.23. The third-order valence-corrected chi connectivity index (χ3v) is 6.68. The molecule has 11 heteroatoms. The molecular formula is C21H21Cl2N3O5S. The fourth-order valence-corrected chi connectivity index (χ4v) is 4.92. The highest BCUT2D eigenvalue weighted by atomic mass is 35.5. The van der Waals surface area contributed by atoms with Gasteiger partial charge in [-0.15, -0.1) is 11.3 Å². The number of phenolic OH excluding ortho intramolecular Hbond substituents is 1. The Morgan fingerprint density at radius 1 is 1.09 bits per heavy atom. The number of anilines is 1. The number of carbonyl (C=O) groups excluding carboxylic acids is 2. The minimum atomic E-state index is -0.771. The fourth-order valence-electron chi connectivity index (χ4n) is 3.23. The van der Waals surface area contributed by atoms with E-state index in [1.807, 2.05) is 4.90 Å². The van der Waals surface area contributed by atoms with Crippen LogP contribution in [0.1, 0.15) is 26.3 Å². The summed E-state index contributed by atoms with van der Waals surface area (Å²) in [5.41, 5.74) is 6.83. The number of rotatable bonds is 9. The van der Waals surface area contributed by atoms with Gasteiger partial charge >= 0.3 is 0 Å². The molecule has 0 aliphatic heterocycles. The van der Waals surface area contributed by atoms with E-state index in [1.54, 1.807) is 24.3 Å². The van der Waals surface area contributed by atoms with Crippen molar-refractivity contribution in [3.63, 3.8) is 0 Å². The molecular weight excluding hydrogens is 477 g/mol. The third kappa shape index (κ3) is 5.15. The molecule has 32 heavy (non-hydrogen) atoms. The van der Waals surface area contributed by atoms with Crippen LogP contribution in [-0.2, 0) is 6.54 Å². The van der Waals surface area contributed by atoms with E-state index in [1.165, 1.54) is 6.07 Å². The maximum atomic E-state index is 12.8. The number of nitrogens with zero attached hydrogens (tertiary/aromatic N) is 1. The average Bonchev–Trinajstić information content (AvgIpc) is 3.11. The Morgan fingerprint density at radius 3 is 2.28 bits per heavy atom. The summed E-state index contributed by atoms with van der Waals surface area (Å²) in [6.07, 6.45) is 0. The van der Waals surface area contributed by atoms with E-state index in [0.717, 1.165) is 16.9 Å². The van der Waals surface area contributed by atoms with Gasteiger partial charge in [0.15, 0.2) is 5.75 Å². The van der Waals surface area contributed by atoms with Crippen molar-refractivity contribution in [3.05, 3.63) is 57.1 Å². The Balaban J connectivity index is 1.85. The highest BCUT2D eigenvalue weighted by molar-refractivity contribution is 7.24. The maximum Gasteiger partial charge on any atom is 0.256 e. The summed E-state index contributed by atoms with van der Waals surface area (Å²) in [4.78, 5) is 26.7. The maximum absolute atomic E-state index is 12.8. The quantitative estimate of drug-likeness (QED) is 0.308. The lowest BCUT2D eigenvalue weighted by Crippen LogP contribution is -2.29. The Bertz CT molecular complexity index is 1140. The van der Waals surface area contributed by atoms with E-state index >= 15 is 0 Å². The topological polar surface area (TPSA) is 136 Å². The van der Waals surface area contributed by atoms with Crippen LogP contribution in [0.2, 0.25) is 10.0 Å². The molecule has 0 atom stereocenters. The highest BCUT2D eigenvalue weighted by Crippen LogP contribution is 2.46. The number of aromatic hydroxyl groups is 1. The molecule has 170 valence electrons. The predicted molar refractivity (Wildman–Crippen MR) is 126 cm³/mol. The summed E-state index contributed by atoms with van der Waals surface area (Å²) in [5, 5.41) is 31.4. The number of aliphatic hydroxyl groups excluding tert-OH is 2. The molecule has 0 aliphatic carbocycles. The zero-order chi connectivity index (χ0) is 23.4. The van der Waals surface area contributed by atoms with Crippen LogP contribution in [0.5, 0.6) is 5.75 Å². The number of carbonyl (C=O) groups is 2. The number of fused-ring (bicyclic) bond motifs is 1. The second kappa shape index (κ2) is 10.5. The van der Waals surface area contributed by atoms with Crippen LogP contribution < -0.4 is 11.1 Å². The van der Waals surface area contributed by atoms with Gasteiger partial charge in [0.25, 0.3) is 11.8 Å². The van der Waals surface area contributed by atoms with Gasteiger partial charge in [-0.05, 0) is 23.8 Å². The lowest BCUT2D eigenvalue weighted by molar-refractivity contribution is 0.100. The van der Waals surface area contributed by atoms with Crippen LogP contribution in [0.4, 0.5) is 5.00 Å². The Labute approximate surface area is 197 Å². The minimum Gasteiger partial charge on any atom is -0.505 e. The molecule has 0 saturated heterocycles. The van der Waals surface area contributed by atoms with E-state index in [4.69, 9.17) is 39.1 Å². The van der Waals surface area contributed by atoms with Gasteiger partial charge in [0.05, 0.1) is 28.5 Å². The fraction of sp³-hybridized carbons (Fsp3) is 0.238. The molecule has 0 spiro atoms. The largest absolute Gasteiger partial charge is 0.505 e. The van der Waals surface area contributed by atoms with Crippen molar-refractivity contribution in [2.45, 2.75) is 6.54 Å². The zero-order valence-corrected chi connectivity index (χ0v) is 19.1. The molecule has 0 unspecified atom stereocenters. The first-order valence-corrected chi connectivity index (χ1v) is 11.1. The summed E-state index contributed by atoms with van der Waals surface area (Å²) in [6.45, 7) is 1.31. The zero-order valence-electron chi connectivity index (χ0n) is 16.8. The lowest BCUT2D eigenvalue weighted by Gasteiger charge is -2.20. The van der Waals surface area contributed by atoms with Crippen LogP contribution in [0, 0.1) is 0 Å². The molecule has 3 aromatic rings. The monoisotopic (exact) mass is 497 g/mol. The smallest absolute Gasteiger partial charge is 0.256 e. The van der Waals surface area contributed by atoms with Crippen molar-refractivity contribution in [2.75, 3.05) is 31.6 Å². The summed E-state index contributed by atoms with van der Waals surface area (Å²) in [7, 11) is 0. The molecule has 2 aromatic carbocycles. The molecule has 0 bridgehead atoms. The summed E-state index contributed by atoms with van der Waals surface area (Å²) < 4.78 is 0.376. The number of hydrogen-bond acceptors (Lipinski definition) is 7. The van der Waals surface area contributed by atoms with Crippen LogP contribution in [0.3, 0.4) is 0 Å². The number of hydrogen-bond donors (Lipinski definition) is 5. The van der Waals surface area contributed by atoms with E-state index in [9.17, 15) is 14.7 Å². The number of benzene rings is 2. The van der Waals surface area contributed by atoms with Crippen LogP contribution in [-0.4, -0.2) is 58.3 Å². The van der Waals surface area contributed by atoms with Crippen molar-refractivity contribution in [1.82, 2.24) is 4.90 Å². The molecule has 0 saturated carbocycles. The van der Waals surface area contributed by atoms with E-state index in [-0.39, 0.29) is 39.6 Å². The number of halogens is 2. The minimum absolute atomic E-state index is 0.0230. The van der Waals surface area contributed by atoms with Gasteiger partial charge in [-0.1, -0.05) is 35.3 Å². The number of primary amides is 1. The van der Waals surface area contributed by atoms with Gasteiger partial charge in [0, 0.05) is 30.6 Å². The first kappa shape index (κ1) is 24.2. The molecule has 1 aromatic heterocycles. The number of thiophene rings is 1. The molecule has 0 fully saturated rings. The second-order valence-electron chi connectivity index (χ2n) is 6.94. The Hall–Kier alpha value is -2.40. The summed E-state index contributed by atoms with van der Waals surface area (Å²) in [5.74, 6) is -1.55. The molecule has 1 heterocycles. The van der Waals surface area contributed by atoms with Gasteiger partial charge in [-0.2, -0.15) is 0 Å². The number of phenols is 1. The molecule has 8 nitrogen and oxygen atoms in total. The summed E-state index contributed by atoms with van der Waals surface area (Å²) in [6, 6.07) is 8.18. The third-order valence-electron chi connectivity index (χ3n) is 4.78. The number of nitrogens with two attached hydrogens (primary N) is 1. The van der Waals surface area contributed by atoms with Gasteiger partial charge in [0.2, 0.25) is 0 Å². The number of aliphatic hydroxyl groups is 2. The second-order valence-corrected chi connectivity index (χ2v) is 8.75. The van der Waals surface area contributed by atoms with Crippen molar-refractivity contribution < 1.29 is 24.9 Å². The number of amides is 2. The molecule has 0 aliphatic rings. The summed E-state index contributed by atoms with van der Waals surface area (Å²) >= 11 is 13.1. The van der Waals surface area contributed by atoms with Crippen molar-refractivity contribution in [3.8, 4) is 5.75 Å². The van der Waals surface area contributed by atoms with E-state index < -0.39 is 11.8 Å². The van der Waals surface area contributed by atoms with Gasteiger partial charge in [0.1, 0.15) is 10.0 Å². The van der Waals surface area contributed by atoms with Crippen LogP contribution >= 0.6 is 34.5 Å². The molecule has 0 radical (unpaired) electrons. The SMILES string of the molecule is NC(=O)c1c(NC(=O)c2ccc(CN(CCO)CCO)cc2)sc2c(Cl)c(O)c(Cl)cc12. The standard InChI is InChI=1S/C21H21Cl2N3O5S/c22-14-9-13-15(19(24)30)21(32-18(13)16(23)17(14)29)25-20(31)12-3-1-11(2-4-12)10-26(5-7-27)6-8-28/h1-4,9,27-29H,5-8,10H2,(H2,24,30)(H,25,31). The average molecular weight is 498 g/mol. The first-order valence-electron chi connectivity index (χ1n) is 9.54. The van der Waals surface area contributed by atoms with Crippen LogP contribution in [0.25, 0.3) is 10.1 Å². The molecule has 6 N–H and O–H groups in total. The Morgan fingerprint density at radius 2 is 1.72 bits per heavy atom. The van der Waals surface area contributed by atoms with E-state index in [0.29, 0.717) is 35.3 Å². The van der Waals surface area contributed by atoms with Crippen molar-refractivity contribution in [2.24, 2.45) is 5.73 Å². The normalized spacial score (nSPS) is 11.3. The first-order chi connectivity index (χ1) is 15.3. The molecule has 3 rings (SSSR count). The van der Waals surface area contributed by atoms with Crippen molar-refractivity contribution >= 4 is 61.4 Å². The van der Waals surface area contributed by atoms with Gasteiger partial charge < -0.3 is 26.4 Å². The van der Waals surface area contributed by atoms with Gasteiger partial charge in [-0.25, -0.2) is 0 Å². The Kier molecular flexibility index (Phi) is 7.94. The van der Waals surface area contributed by atoms with E-state index in [2.05, 4.69) is 5.32 Å². The van der Waals surface area contributed by atoms with Gasteiger partial charge in [-0.3, -0.25) is 14.5 Å². The molecule has 2 amide bonds. The predicted octanol–water partition coefficient (Wildman–Crippen LogP) is 3.05. The van der Waals surface area contributed by atoms with Crippen LogP contribution in [0.15, 0.2) is 30.3 Å². The number of nitrogens with one attached hydrogen (secondary N) is 1.